The number of aromatic nitrogens is 4. The fraction of sp³-hybridized carbons (Fsp3) is 0.143. The molecule has 21 heavy (non-hydrogen) atoms. The number of amides is 1. The fourth-order valence-electron chi connectivity index (χ4n) is 1.86. The minimum atomic E-state index is -0.348. The van der Waals surface area contributed by atoms with Crippen LogP contribution in [0.5, 0.6) is 0 Å². The van der Waals surface area contributed by atoms with E-state index in [2.05, 4.69) is 43.0 Å². The van der Waals surface area contributed by atoms with Crippen LogP contribution in [0.4, 0.5) is 5.69 Å². The summed E-state index contributed by atoms with van der Waals surface area (Å²) in [5.41, 5.74) is 2.76. The Bertz CT molecular complexity index is 842. The number of aryl methyl sites for hydroxylation is 2. The molecule has 0 aliphatic carbocycles. The molecule has 0 fully saturated rings. The Morgan fingerprint density at radius 1 is 1.29 bits per heavy atom. The number of carbonyl (C=O) groups excluding carboxylic acids is 1. The molecule has 0 saturated carbocycles. The minimum Gasteiger partial charge on any atom is -0.319 e. The van der Waals surface area contributed by atoms with Crippen molar-refractivity contribution in [3.63, 3.8) is 0 Å². The Kier molecular flexibility index (Phi) is 3.58. The lowest BCUT2D eigenvalue weighted by Crippen LogP contribution is -2.14. The molecule has 0 radical (unpaired) electrons. The zero-order valence-electron chi connectivity index (χ0n) is 11.5. The van der Waals surface area contributed by atoms with E-state index in [-0.39, 0.29) is 11.7 Å². The number of hydrogen-bond donors (Lipinski definition) is 1. The van der Waals surface area contributed by atoms with E-state index in [1.807, 2.05) is 38.1 Å². The standard InChI is InChI=1S/C14H12IN5O/c1-8-3-4-10(7-11(8)15)17-13(21)12-18-14-16-6-5-9(2)20(14)19-12/h3-7H,1-2H3,(H,17,21). The summed E-state index contributed by atoms with van der Waals surface area (Å²) in [6.45, 7) is 3.90. The quantitative estimate of drug-likeness (QED) is 0.680. The number of anilines is 1. The molecular weight excluding hydrogens is 381 g/mol. The van der Waals surface area contributed by atoms with Crippen LogP contribution in [0.25, 0.3) is 5.78 Å². The summed E-state index contributed by atoms with van der Waals surface area (Å²) in [4.78, 5) is 20.4. The summed E-state index contributed by atoms with van der Waals surface area (Å²) in [6, 6.07) is 7.54. The number of hydrogen-bond acceptors (Lipinski definition) is 4. The van der Waals surface area contributed by atoms with Crippen LogP contribution in [-0.2, 0) is 0 Å². The van der Waals surface area contributed by atoms with Gasteiger partial charge in [-0.15, -0.1) is 5.10 Å². The van der Waals surface area contributed by atoms with E-state index in [4.69, 9.17) is 0 Å². The van der Waals surface area contributed by atoms with Crippen LogP contribution >= 0.6 is 22.6 Å². The molecule has 0 saturated heterocycles. The third kappa shape index (κ3) is 2.73. The molecule has 0 aliphatic heterocycles. The largest absolute Gasteiger partial charge is 0.319 e. The molecule has 0 atom stereocenters. The zero-order valence-corrected chi connectivity index (χ0v) is 13.6. The number of rotatable bonds is 2. The maximum atomic E-state index is 12.2. The van der Waals surface area contributed by atoms with Gasteiger partial charge in [-0.3, -0.25) is 4.79 Å². The van der Waals surface area contributed by atoms with E-state index >= 15 is 0 Å². The van der Waals surface area contributed by atoms with Gasteiger partial charge in [-0.25, -0.2) is 9.50 Å². The normalized spacial score (nSPS) is 10.8. The maximum absolute atomic E-state index is 12.2. The summed E-state index contributed by atoms with van der Waals surface area (Å²) < 4.78 is 2.64. The Hall–Kier alpha value is -2.03. The van der Waals surface area contributed by atoms with Gasteiger partial charge >= 0.3 is 0 Å². The Labute approximate surface area is 134 Å². The van der Waals surface area contributed by atoms with E-state index in [1.165, 1.54) is 5.56 Å². The number of nitrogens with zero attached hydrogens (tertiary/aromatic N) is 4. The molecule has 0 bridgehead atoms. The van der Waals surface area contributed by atoms with E-state index in [9.17, 15) is 4.79 Å². The van der Waals surface area contributed by atoms with Crippen molar-refractivity contribution in [2.45, 2.75) is 13.8 Å². The van der Waals surface area contributed by atoms with Crippen LogP contribution in [0.2, 0.25) is 0 Å². The minimum absolute atomic E-state index is 0.104. The number of carbonyl (C=O) groups is 1. The summed E-state index contributed by atoms with van der Waals surface area (Å²) in [7, 11) is 0. The monoisotopic (exact) mass is 393 g/mol. The molecular formula is C14H12IN5O. The maximum Gasteiger partial charge on any atom is 0.295 e. The van der Waals surface area contributed by atoms with E-state index < -0.39 is 0 Å². The third-order valence-electron chi connectivity index (χ3n) is 3.06. The molecule has 1 aromatic carbocycles. The van der Waals surface area contributed by atoms with Crippen LogP contribution in [0.3, 0.4) is 0 Å². The van der Waals surface area contributed by atoms with E-state index in [0.29, 0.717) is 5.78 Å². The van der Waals surface area contributed by atoms with E-state index in [1.54, 1.807) is 10.7 Å². The average Bonchev–Trinajstić information content (AvgIpc) is 2.89. The van der Waals surface area contributed by atoms with Gasteiger partial charge in [0.1, 0.15) is 0 Å². The average molecular weight is 393 g/mol. The lowest BCUT2D eigenvalue weighted by molar-refractivity contribution is 0.101. The molecule has 6 nitrogen and oxygen atoms in total. The number of halogens is 1. The van der Waals surface area contributed by atoms with Gasteiger partial charge in [0.2, 0.25) is 5.82 Å². The fourth-order valence-corrected chi connectivity index (χ4v) is 2.38. The van der Waals surface area contributed by atoms with Crippen molar-refractivity contribution in [3.8, 4) is 0 Å². The summed E-state index contributed by atoms with van der Waals surface area (Å²) >= 11 is 2.23. The van der Waals surface area contributed by atoms with Crippen molar-refractivity contribution in [3.05, 3.63) is 51.1 Å². The van der Waals surface area contributed by atoms with Gasteiger partial charge < -0.3 is 5.32 Å². The van der Waals surface area contributed by atoms with Crippen molar-refractivity contribution in [2.75, 3.05) is 5.32 Å². The lowest BCUT2D eigenvalue weighted by Gasteiger charge is -2.04. The molecule has 3 aromatic rings. The molecule has 106 valence electrons. The van der Waals surface area contributed by atoms with Crippen molar-refractivity contribution in [1.82, 2.24) is 19.6 Å². The van der Waals surface area contributed by atoms with Gasteiger partial charge in [-0.05, 0) is 60.2 Å². The van der Waals surface area contributed by atoms with Gasteiger partial charge in [0, 0.05) is 21.1 Å². The second kappa shape index (κ2) is 5.40. The highest BCUT2D eigenvalue weighted by atomic mass is 127. The van der Waals surface area contributed by atoms with Gasteiger partial charge in [0.25, 0.3) is 11.7 Å². The van der Waals surface area contributed by atoms with Gasteiger partial charge in [0.05, 0.1) is 0 Å². The van der Waals surface area contributed by atoms with Crippen molar-refractivity contribution in [1.29, 1.82) is 0 Å². The van der Waals surface area contributed by atoms with Gasteiger partial charge in [0.15, 0.2) is 0 Å². The third-order valence-corrected chi connectivity index (χ3v) is 4.22. The topological polar surface area (TPSA) is 72.2 Å². The molecule has 3 rings (SSSR count). The Morgan fingerprint density at radius 2 is 2.10 bits per heavy atom. The first-order chi connectivity index (χ1) is 10.0. The van der Waals surface area contributed by atoms with Crippen LogP contribution < -0.4 is 5.32 Å². The Morgan fingerprint density at radius 3 is 2.81 bits per heavy atom. The molecule has 0 spiro atoms. The number of fused-ring (bicyclic) bond motifs is 1. The lowest BCUT2D eigenvalue weighted by atomic mass is 10.2. The molecule has 2 heterocycles. The van der Waals surface area contributed by atoms with Crippen LogP contribution in [0.1, 0.15) is 21.9 Å². The van der Waals surface area contributed by atoms with Crippen molar-refractivity contribution < 1.29 is 4.79 Å². The molecule has 7 heteroatoms. The van der Waals surface area contributed by atoms with Crippen molar-refractivity contribution >= 4 is 40.0 Å². The summed E-state index contributed by atoms with van der Waals surface area (Å²) in [5, 5.41) is 6.97. The predicted molar refractivity (Wildman–Crippen MR) is 87.4 cm³/mol. The molecule has 0 aliphatic rings. The first kappa shape index (κ1) is 13.9. The van der Waals surface area contributed by atoms with Gasteiger partial charge in [-0.2, -0.15) is 4.98 Å². The number of benzene rings is 1. The highest BCUT2D eigenvalue weighted by Crippen LogP contribution is 2.17. The SMILES string of the molecule is Cc1ccc(NC(=O)c2nc3nccc(C)n3n2)cc1I. The molecule has 2 aromatic heterocycles. The first-order valence-corrected chi connectivity index (χ1v) is 7.38. The number of nitrogens with one attached hydrogen (secondary N) is 1. The van der Waals surface area contributed by atoms with Crippen LogP contribution in [0.15, 0.2) is 30.5 Å². The molecule has 0 unspecified atom stereocenters. The highest BCUT2D eigenvalue weighted by molar-refractivity contribution is 14.1. The van der Waals surface area contributed by atoms with Crippen molar-refractivity contribution in [2.24, 2.45) is 0 Å². The van der Waals surface area contributed by atoms with Crippen LogP contribution in [-0.4, -0.2) is 25.5 Å². The molecule has 1 amide bonds. The first-order valence-electron chi connectivity index (χ1n) is 6.30. The molecule has 1 N–H and O–H groups in total. The van der Waals surface area contributed by atoms with E-state index in [0.717, 1.165) is 15.0 Å². The zero-order chi connectivity index (χ0) is 15.0. The smallest absolute Gasteiger partial charge is 0.295 e. The second-order valence-corrected chi connectivity index (χ2v) is 5.81. The van der Waals surface area contributed by atoms with Crippen LogP contribution in [0, 0.1) is 17.4 Å². The summed E-state index contributed by atoms with van der Waals surface area (Å²) in [6.07, 6.45) is 1.64. The summed E-state index contributed by atoms with van der Waals surface area (Å²) in [5.74, 6) is 0.172. The Balaban J connectivity index is 1.90. The highest BCUT2D eigenvalue weighted by Gasteiger charge is 2.14. The van der Waals surface area contributed by atoms with Gasteiger partial charge in [-0.1, -0.05) is 6.07 Å². The second-order valence-electron chi connectivity index (χ2n) is 4.65. The predicted octanol–water partition coefficient (Wildman–Crippen LogP) is 2.60.